The van der Waals surface area contributed by atoms with E-state index >= 15 is 0 Å². The van der Waals surface area contributed by atoms with Gasteiger partial charge >= 0.3 is 0 Å². The van der Waals surface area contributed by atoms with Gasteiger partial charge in [-0.1, -0.05) is 44.9 Å². The van der Waals surface area contributed by atoms with Gasteiger partial charge in [-0.2, -0.15) is 5.26 Å². The monoisotopic (exact) mass is 295 g/mol. The van der Waals surface area contributed by atoms with Gasteiger partial charge in [0, 0.05) is 11.3 Å². The molecule has 1 fully saturated rings. The maximum atomic E-state index is 11.9. The second-order valence-corrected chi connectivity index (χ2v) is 6.50. The van der Waals surface area contributed by atoms with E-state index < -0.39 is 0 Å². The van der Waals surface area contributed by atoms with Gasteiger partial charge in [0.15, 0.2) is 0 Å². The first-order chi connectivity index (χ1) is 10.6. The molecular formula is C18H21N3O. The average molecular weight is 295 g/mol. The molecule has 1 aliphatic rings. The van der Waals surface area contributed by atoms with Gasteiger partial charge < -0.3 is 10.3 Å². The second-order valence-electron chi connectivity index (χ2n) is 6.50. The van der Waals surface area contributed by atoms with Crippen LogP contribution in [0.2, 0.25) is 0 Å². The number of aromatic amines is 1. The normalized spacial score (nSPS) is 16.8. The van der Waals surface area contributed by atoms with Crippen molar-refractivity contribution in [1.82, 2.24) is 4.98 Å². The molecule has 1 saturated carbocycles. The summed E-state index contributed by atoms with van der Waals surface area (Å²) in [5.74, 6) is 0.627. The molecule has 0 unspecified atom stereocenters. The lowest BCUT2D eigenvalue weighted by atomic mass is 9.79. The van der Waals surface area contributed by atoms with Gasteiger partial charge in [0.25, 0.3) is 0 Å². The number of anilines is 1. The number of nitriles is 1. The van der Waals surface area contributed by atoms with Crippen LogP contribution in [-0.4, -0.2) is 10.9 Å². The number of carbonyl (C=O) groups excluding carboxylic acids is 1. The summed E-state index contributed by atoms with van der Waals surface area (Å²) in [5.41, 5.74) is 1.66. The Morgan fingerprint density at radius 3 is 2.73 bits per heavy atom. The third kappa shape index (κ3) is 2.37. The van der Waals surface area contributed by atoms with Gasteiger partial charge in [0.05, 0.1) is 17.0 Å². The Hall–Kier alpha value is -2.28. The maximum Gasteiger partial charge on any atom is 0.228 e. The zero-order valence-electron chi connectivity index (χ0n) is 13.1. The Bertz CT molecular complexity index is 745. The van der Waals surface area contributed by atoms with Crippen LogP contribution in [0.4, 0.5) is 5.82 Å². The van der Waals surface area contributed by atoms with E-state index in [4.69, 9.17) is 0 Å². The Balaban J connectivity index is 2.04. The molecule has 2 N–H and O–H groups in total. The molecule has 22 heavy (non-hydrogen) atoms. The lowest BCUT2D eigenvalue weighted by Gasteiger charge is -2.21. The fourth-order valence-corrected chi connectivity index (χ4v) is 3.32. The lowest BCUT2D eigenvalue weighted by molar-refractivity contribution is -0.118. The standard InChI is InChI=1S/C18H21N3O/c1-12(2)17(22)21-15-10-13-6-5-7-14(16(13)20-15)18(11-19)8-3-4-9-18/h5-7,10,12,20H,3-4,8-9H2,1-2H3,(H,21,22). The maximum absolute atomic E-state index is 11.9. The van der Waals surface area contributed by atoms with E-state index in [-0.39, 0.29) is 17.2 Å². The molecule has 0 atom stereocenters. The quantitative estimate of drug-likeness (QED) is 0.895. The third-order valence-electron chi connectivity index (χ3n) is 4.63. The van der Waals surface area contributed by atoms with Crippen LogP contribution in [0, 0.1) is 17.2 Å². The Morgan fingerprint density at radius 1 is 1.36 bits per heavy atom. The van der Waals surface area contributed by atoms with Crippen LogP contribution in [0.5, 0.6) is 0 Å². The smallest absolute Gasteiger partial charge is 0.228 e. The molecule has 0 bridgehead atoms. The molecule has 2 aromatic rings. The highest BCUT2D eigenvalue weighted by Crippen LogP contribution is 2.43. The number of rotatable bonds is 3. The summed E-state index contributed by atoms with van der Waals surface area (Å²) >= 11 is 0. The highest BCUT2D eigenvalue weighted by atomic mass is 16.1. The molecule has 1 aliphatic carbocycles. The van der Waals surface area contributed by atoms with Crippen LogP contribution >= 0.6 is 0 Å². The van der Waals surface area contributed by atoms with Crippen LogP contribution in [0.3, 0.4) is 0 Å². The van der Waals surface area contributed by atoms with Crippen molar-refractivity contribution in [2.24, 2.45) is 5.92 Å². The molecule has 0 spiro atoms. The van der Waals surface area contributed by atoms with Gasteiger partial charge in [0.1, 0.15) is 5.82 Å². The SMILES string of the molecule is CC(C)C(=O)Nc1cc2cccc(C3(C#N)CCCC3)c2[nH]1. The summed E-state index contributed by atoms with van der Waals surface area (Å²) in [5, 5.41) is 13.7. The van der Waals surface area contributed by atoms with Gasteiger partial charge in [-0.15, -0.1) is 0 Å². The number of nitrogens with zero attached hydrogens (tertiary/aromatic N) is 1. The summed E-state index contributed by atoms with van der Waals surface area (Å²) in [6, 6.07) is 10.5. The number of amides is 1. The topological polar surface area (TPSA) is 68.7 Å². The average Bonchev–Trinajstić information content (AvgIpc) is 3.13. The molecule has 0 radical (unpaired) electrons. The number of para-hydroxylation sites is 1. The van der Waals surface area contributed by atoms with Gasteiger partial charge in [0.2, 0.25) is 5.91 Å². The van der Waals surface area contributed by atoms with E-state index in [2.05, 4.69) is 16.4 Å². The van der Waals surface area contributed by atoms with Gasteiger partial charge in [-0.25, -0.2) is 0 Å². The first-order valence-corrected chi connectivity index (χ1v) is 7.90. The summed E-state index contributed by atoms with van der Waals surface area (Å²) in [4.78, 5) is 15.2. The summed E-state index contributed by atoms with van der Waals surface area (Å²) in [7, 11) is 0. The number of carbonyl (C=O) groups is 1. The zero-order valence-corrected chi connectivity index (χ0v) is 13.1. The minimum absolute atomic E-state index is 0.0102. The van der Waals surface area contributed by atoms with Gasteiger partial charge in [-0.05, 0) is 24.5 Å². The molecule has 0 saturated heterocycles. The molecule has 4 nitrogen and oxygen atoms in total. The van der Waals surface area contributed by atoms with Crippen molar-refractivity contribution < 1.29 is 4.79 Å². The van der Waals surface area contributed by atoms with E-state index in [0.717, 1.165) is 42.1 Å². The van der Waals surface area contributed by atoms with Crippen LogP contribution in [0.15, 0.2) is 24.3 Å². The molecule has 1 aromatic heterocycles. The summed E-state index contributed by atoms with van der Waals surface area (Å²) in [6.07, 6.45) is 4.02. The molecular weight excluding hydrogens is 274 g/mol. The van der Waals surface area contributed by atoms with E-state index in [9.17, 15) is 10.1 Å². The Labute approximate surface area is 130 Å². The number of nitrogens with one attached hydrogen (secondary N) is 2. The largest absolute Gasteiger partial charge is 0.341 e. The Kier molecular flexibility index (Phi) is 3.66. The summed E-state index contributed by atoms with van der Waals surface area (Å²) < 4.78 is 0. The zero-order chi connectivity index (χ0) is 15.7. The number of aromatic nitrogens is 1. The van der Waals surface area contributed by atoms with Crippen molar-refractivity contribution in [3.8, 4) is 6.07 Å². The molecule has 3 rings (SSSR count). The third-order valence-corrected chi connectivity index (χ3v) is 4.63. The number of H-pyrrole nitrogens is 1. The first-order valence-electron chi connectivity index (χ1n) is 7.90. The number of hydrogen-bond acceptors (Lipinski definition) is 2. The molecule has 114 valence electrons. The van der Waals surface area contributed by atoms with Crippen molar-refractivity contribution in [1.29, 1.82) is 5.26 Å². The highest BCUT2D eigenvalue weighted by Gasteiger charge is 2.37. The van der Waals surface area contributed by atoms with E-state index in [1.165, 1.54) is 0 Å². The van der Waals surface area contributed by atoms with Crippen molar-refractivity contribution in [2.45, 2.75) is 44.9 Å². The van der Waals surface area contributed by atoms with Crippen LogP contribution in [0.1, 0.15) is 45.1 Å². The van der Waals surface area contributed by atoms with Crippen LogP contribution in [0.25, 0.3) is 10.9 Å². The van der Waals surface area contributed by atoms with Gasteiger partial charge in [-0.3, -0.25) is 4.79 Å². The van der Waals surface area contributed by atoms with E-state index in [1.54, 1.807) is 0 Å². The molecule has 4 heteroatoms. The predicted molar refractivity (Wildman–Crippen MR) is 87.5 cm³/mol. The van der Waals surface area contributed by atoms with Crippen molar-refractivity contribution >= 4 is 22.6 Å². The first kappa shape index (κ1) is 14.6. The number of benzene rings is 1. The van der Waals surface area contributed by atoms with Crippen molar-refractivity contribution in [2.75, 3.05) is 5.32 Å². The lowest BCUT2D eigenvalue weighted by Crippen LogP contribution is -2.20. The van der Waals surface area contributed by atoms with Crippen molar-refractivity contribution in [3.05, 3.63) is 29.8 Å². The minimum atomic E-state index is -0.385. The van der Waals surface area contributed by atoms with E-state index in [1.807, 2.05) is 38.1 Å². The molecule has 1 heterocycles. The van der Waals surface area contributed by atoms with Crippen molar-refractivity contribution in [3.63, 3.8) is 0 Å². The predicted octanol–water partition coefficient (Wildman–Crippen LogP) is 4.10. The minimum Gasteiger partial charge on any atom is -0.341 e. The fourth-order valence-electron chi connectivity index (χ4n) is 3.32. The molecule has 0 aliphatic heterocycles. The number of hydrogen-bond donors (Lipinski definition) is 2. The molecule has 1 aromatic carbocycles. The Morgan fingerprint density at radius 2 is 2.09 bits per heavy atom. The van der Waals surface area contributed by atoms with Crippen LogP contribution < -0.4 is 5.32 Å². The number of fused-ring (bicyclic) bond motifs is 1. The van der Waals surface area contributed by atoms with Crippen LogP contribution in [-0.2, 0) is 10.2 Å². The highest BCUT2D eigenvalue weighted by molar-refractivity contribution is 5.95. The van der Waals surface area contributed by atoms with E-state index in [0.29, 0.717) is 5.82 Å². The second kappa shape index (κ2) is 5.49. The fraction of sp³-hybridized carbons (Fsp3) is 0.444. The molecule has 1 amide bonds. The summed E-state index contributed by atoms with van der Waals surface area (Å²) in [6.45, 7) is 3.74.